The highest BCUT2D eigenvalue weighted by atomic mass is 35.5. The maximum atomic E-state index is 12.0. The fourth-order valence-electron chi connectivity index (χ4n) is 3.49. The van der Waals surface area contributed by atoms with Gasteiger partial charge in [0.15, 0.2) is 11.5 Å². The quantitative estimate of drug-likeness (QED) is 0.0258. The number of hydrogen-bond acceptors (Lipinski definition) is 19. The monoisotopic (exact) mass is 738 g/mol. The number of nitrogens with zero attached hydrogens (tertiary/aromatic N) is 5. The first-order valence-corrected chi connectivity index (χ1v) is 16.8. The Hall–Kier alpha value is -3.46. The Morgan fingerprint density at radius 2 is 1.74 bits per heavy atom. The van der Waals surface area contributed by atoms with Gasteiger partial charge in [0.25, 0.3) is 10.1 Å². The molecule has 0 fully saturated rings. The molecule has 0 unspecified atom stereocenters. The summed E-state index contributed by atoms with van der Waals surface area (Å²) < 4.78 is 76.9. The molecule has 1 aromatic heterocycles. The minimum atomic E-state index is -4.75. The van der Waals surface area contributed by atoms with Gasteiger partial charge in [0.2, 0.25) is 11.2 Å². The molecule has 4 aromatic rings. The smallest absolute Gasteiger partial charge is 0.397 e. The number of anilines is 2. The molecule has 0 saturated carbocycles. The molecule has 3 aromatic carbocycles. The Bertz CT molecular complexity index is 1950. The van der Waals surface area contributed by atoms with Gasteiger partial charge in [-0.25, -0.2) is 14.4 Å². The molecule has 0 atom stereocenters. The molecular weight excluding hydrogens is 720 g/mol. The summed E-state index contributed by atoms with van der Waals surface area (Å²) in [6, 6.07) is 9.21. The number of rotatable bonds is 15. The van der Waals surface area contributed by atoms with Gasteiger partial charge in [0.1, 0.15) is 11.5 Å². The van der Waals surface area contributed by atoms with Crippen LogP contribution in [0.2, 0.25) is 5.28 Å². The predicted octanol–water partition coefficient (Wildman–Crippen LogP) is 5.30. The Morgan fingerprint density at radius 1 is 1.00 bits per heavy atom. The van der Waals surface area contributed by atoms with Crippen molar-refractivity contribution in [3.05, 3.63) is 53.6 Å². The molecule has 4 rings (SSSR count). The number of azo groups is 1. The van der Waals surface area contributed by atoms with Gasteiger partial charge in [-0.3, -0.25) is 9.11 Å². The van der Waals surface area contributed by atoms with Crippen LogP contribution in [-0.4, -0.2) is 63.6 Å². The lowest BCUT2D eigenvalue weighted by Gasteiger charge is -2.15. The number of aromatic nitrogens is 3. The summed E-state index contributed by atoms with van der Waals surface area (Å²) >= 11 is 7.02. The number of nitrogens with one attached hydrogen (secondary N) is 1. The second-order valence-corrected chi connectivity index (χ2v) is 12.7. The third-order valence-corrected chi connectivity index (χ3v) is 7.80. The summed E-state index contributed by atoms with van der Waals surface area (Å²) in [5, 5.41) is 34.5. The van der Waals surface area contributed by atoms with Crippen molar-refractivity contribution >= 4 is 90.0 Å². The molecule has 246 valence electrons. The van der Waals surface area contributed by atoms with E-state index >= 15 is 0 Å². The van der Waals surface area contributed by atoms with Crippen molar-refractivity contribution in [2.45, 2.75) is 16.7 Å². The first-order valence-electron chi connectivity index (χ1n) is 11.9. The number of phenolic OH excluding ortho intramolecular Hbond substituents is 1. The van der Waals surface area contributed by atoms with Crippen LogP contribution in [0.1, 0.15) is 5.82 Å². The molecule has 0 radical (unpaired) electrons. The fourth-order valence-corrected chi connectivity index (χ4v) is 5.48. The molecule has 0 aliphatic rings. The maximum Gasteiger partial charge on any atom is 0.397 e. The van der Waals surface area contributed by atoms with Gasteiger partial charge in [-0.2, -0.15) is 31.9 Å². The molecular formula is C22H19ClN6O13S4. The van der Waals surface area contributed by atoms with Crippen LogP contribution < -0.4 is 10.2 Å². The molecule has 46 heavy (non-hydrogen) atoms. The predicted molar refractivity (Wildman–Crippen MR) is 161 cm³/mol. The van der Waals surface area contributed by atoms with Crippen molar-refractivity contribution in [2.75, 3.05) is 17.7 Å². The van der Waals surface area contributed by atoms with Gasteiger partial charge in [-0.15, -0.1) is 13.8 Å². The van der Waals surface area contributed by atoms with E-state index in [1.807, 2.05) is 0 Å². The number of benzene rings is 3. The van der Waals surface area contributed by atoms with Crippen molar-refractivity contribution in [1.29, 1.82) is 0 Å². The molecule has 5 N–H and O–H groups in total. The molecule has 1 heterocycles. The highest BCUT2D eigenvalue weighted by Crippen LogP contribution is 2.47. The molecule has 19 nitrogen and oxygen atoms in total. The molecule has 0 aliphatic heterocycles. The molecule has 0 aliphatic carbocycles. The molecule has 0 spiro atoms. The highest BCUT2D eigenvalue weighted by Gasteiger charge is 2.22. The van der Waals surface area contributed by atoms with Crippen molar-refractivity contribution in [3.63, 3.8) is 0 Å². The summed E-state index contributed by atoms with van der Waals surface area (Å²) in [5.74, 6) is -0.192. The van der Waals surface area contributed by atoms with Gasteiger partial charge in [-0.1, -0.05) is 5.04 Å². The first-order chi connectivity index (χ1) is 21.7. The SMILES string of the molecule is Cc1nc(Cl)nc(Nc2cc(S(=O)(=O)O)cc3cc(SOOO)c(N=Nc4ccc(OOSCCOS(=O)(=O)O)cc4)c(O)c23)n1. The van der Waals surface area contributed by atoms with Gasteiger partial charge in [0, 0.05) is 23.2 Å². The molecule has 24 heteroatoms. The Balaban J connectivity index is 1.66. The number of halogens is 1. The van der Waals surface area contributed by atoms with E-state index in [4.69, 9.17) is 30.6 Å². The maximum absolute atomic E-state index is 12.0. The zero-order valence-corrected chi connectivity index (χ0v) is 26.7. The summed E-state index contributed by atoms with van der Waals surface area (Å²) in [5.41, 5.74) is -0.0403. The van der Waals surface area contributed by atoms with Gasteiger partial charge in [0.05, 0.1) is 39.8 Å². The fraction of sp³-hybridized carbons (Fsp3) is 0.136. The van der Waals surface area contributed by atoms with Crippen LogP contribution in [-0.2, 0) is 38.4 Å². The number of fused-ring (bicyclic) bond motifs is 1. The summed E-state index contributed by atoms with van der Waals surface area (Å²) in [6.07, 6.45) is 0. The molecule has 0 saturated heterocycles. The number of phenols is 1. The van der Waals surface area contributed by atoms with E-state index in [9.17, 15) is 26.5 Å². The van der Waals surface area contributed by atoms with Gasteiger partial charge in [-0.05, 0) is 66.4 Å². The lowest BCUT2D eigenvalue weighted by atomic mass is 10.1. The number of aromatic hydroxyl groups is 1. The van der Waals surface area contributed by atoms with Crippen LogP contribution >= 0.6 is 35.7 Å². The van der Waals surface area contributed by atoms with Crippen molar-refractivity contribution in [2.24, 2.45) is 10.2 Å². The standard InChI is InChI=1S/C22H19ClN6O13S4/c1-11-24-21(23)27-22(25-11)26-16-10-15(45(32,33)34)8-12-9-17(44-42-40-31)19(20(30)18(12)16)29-28-13-2-4-14(5-3-13)39-41-43-7-6-38-46(35,36)37/h2-5,8-10,30-31H,6-7H2,1H3,(H,32,33,34)(H,35,36,37)(H,24,25,26,27). The van der Waals surface area contributed by atoms with Crippen LogP contribution in [0.4, 0.5) is 23.0 Å². The largest absolute Gasteiger partial charge is 0.505 e. The average Bonchev–Trinajstić information content (AvgIpc) is 2.96. The second-order valence-electron chi connectivity index (χ2n) is 8.36. The second kappa shape index (κ2) is 15.4. The Kier molecular flexibility index (Phi) is 11.9. The first kappa shape index (κ1) is 35.4. The van der Waals surface area contributed by atoms with Crippen LogP contribution in [0.15, 0.2) is 62.5 Å². The van der Waals surface area contributed by atoms with Crippen molar-refractivity contribution in [3.8, 4) is 11.5 Å². The van der Waals surface area contributed by atoms with Crippen LogP contribution in [0.3, 0.4) is 0 Å². The topological polar surface area (TPSA) is 271 Å². The summed E-state index contributed by atoms with van der Waals surface area (Å²) in [7, 11) is -9.30. The number of hydrogen-bond donors (Lipinski definition) is 5. The van der Waals surface area contributed by atoms with E-state index in [2.05, 4.69) is 44.1 Å². The van der Waals surface area contributed by atoms with E-state index in [-0.39, 0.29) is 67.9 Å². The van der Waals surface area contributed by atoms with E-state index in [0.29, 0.717) is 24.1 Å². The lowest BCUT2D eigenvalue weighted by Crippen LogP contribution is -2.06. The zero-order chi connectivity index (χ0) is 33.5. The number of aryl methyl sites for hydroxylation is 1. The summed E-state index contributed by atoms with van der Waals surface area (Å²) in [4.78, 5) is 16.3. The molecule has 0 bridgehead atoms. The van der Waals surface area contributed by atoms with E-state index in [1.165, 1.54) is 37.3 Å². The van der Waals surface area contributed by atoms with Crippen molar-refractivity contribution < 1.29 is 59.1 Å². The lowest BCUT2D eigenvalue weighted by molar-refractivity contribution is -0.432. The van der Waals surface area contributed by atoms with Gasteiger partial charge >= 0.3 is 10.4 Å². The van der Waals surface area contributed by atoms with Gasteiger partial charge < -0.3 is 15.3 Å². The Morgan fingerprint density at radius 3 is 2.39 bits per heavy atom. The minimum absolute atomic E-state index is 0.00908. The third-order valence-electron chi connectivity index (χ3n) is 5.22. The average molecular weight is 739 g/mol. The highest BCUT2D eigenvalue weighted by molar-refractivity contribution is 7.94. The third kappa shape index (κ3) is 10.0. The normalized spacial score (nSPS) is 12.2. The van der Waals surface area contributed by atoms with Crippen LogP contribution in [0.25, 0.3) is 10.8 Å². The van der Waals surface area contributed by atoms with E-state index < -0.39 is 31.2 Å². The Labute approximate surface area is 272 Å². The van der Waals surface area contributed by atoms with Crippen LogP contribution in [0, 0.1) is 6.92 Å². The van der Waals surface area contributed by atoms with Crippen molar-refractivity contribution in [1.82, 2.24) is 15.0 Å². The van der Waals surface area contributed by atoms with E-state index in [1.54, 1.807) is 0 Å². The van der Waals surface area contributed by atoms with Crippen LogP contribution in [0.5, 0.6) is 11.5 Å². The summed E-state index contributed by atoms with van der Waals surface area (Å²) in [6.45, 7) is 1.18. The molecule has 0 amide bonds. The minimum Gasteiger partial charge on any atom is -0.505 e. The zero-order valence-electron chi connectivity index (χ0n) is 22.7. The van der Waals surface area contributed by atoms with E-state index in [0.717, 1.165) is 12.1 Å².